The van der Waals surface area contributed by atoms with Crippen LogP contribution in [0.4, 0.5) is 0 Å². The van der Waals surface area contributed by atoms with Gasteiger partial charge in [-0.1, -0.05) is 19.9 Å². The number of hydrogen-bond donors (Lipinski definition) is 1. The average molecular weight is 236 g/mol. The standard InChI is InChI=1S/C13H20N2O2/c1-11(2)12(14-3)7-8-13(17)15-9-5-4-6-10-16/h4,6,10-12H,5,7-9H2,1-2H3,(H,15,17)/b6-4+/t12-/m1/s1. The zero-order valence-corrected chi connectivity index (χ0v) is 10.5. The van der Waals surface area contributed by atoms with Gasteiger partial charge in [-0.05, 0) is 12.5 Å². The minimum atomic E-state index is -0.0734. The molecule has 4 nitrogen and oxygen atoms in total. The van der Waals surface area contributed by atoms with Crippen molar-refractivity contribution in [2.24, 2.45) is 5.92 Å². The van der Waals surface area contributed by atoms with Gasteiger partial charge in [-0.2, -0.15) is 0 Å². The van der Waals surface area contributed by atoms with E-state index in [1.165, 1.54) is 6.08 Å². The molecule has 0 aliphatic rings. The number of rotatable bonds is 8. The van der Waals surface area contributed by atoms with Gasteiger partial charge in [-0.15, -0.1) is 0 Å². The lowest BCUT2D eigenvalue weighted by molar-refractivity contribution is -0.121. The van der Waals surface area contributed by atoms with Gasteiger partial charge >= 0.3 is 0 Å². The molecule has 0 saturated carbocycles. The molecule has 1 atom stereocenters. The topological polar surface area (TPSA) is 50.5 Å². The van der Waals surface area contributed by atoms with Crippen LogP contribution in [0.3, 0.4) is 0 Å². The first-order valence-electron chi connectivity index (χ1n) is 5.85. The van der Waals surface area contributed by atoms with Crippen LogP contribution in [0.15, 0.2) is 12.2 Å². The summed E-state index contributed by atoms with van der Waals surface area (Å²) < 4.78 is 0. The molecular weight excluding hydrogens is 216 g/mol. The summed E-state index contributed by atoms with van der Waals surface area (Å²) in [6, 6.07) is -0.0734. The molecule has 0 spiro atoms. The van der Waals surface area contributed by atoms with Gasteiger partial charge in [0.05, 0.1) is 0 Å². The molecule has 0 rings (SSSR count). The quantitative estimate of drug-likeness (QED) is 0.303. The summed E-state index contributed by atoms with van der Waals surface area (Å²) in [7, 11) is 0. The van der Waals surface area contributed by atoms with E-state index in [2.05, 4.69) is 10.2 Å². The van der Waals surface area contributed by atoms with E-state index >= 15 is 0 Å². The number of nitrogens with zero attached hydrogens (tertiary/aromatic N) is 1. The van der Waals surface area contributed by atoms with Gasteiger partial charge in [0.1, 0.15) is 6.29 Å². The third-order valence-electron chi connectivity index (χ3n) is 2.45. The molecule has 0 radical (unpaired) electrons. The first kappa shape index (κ1) is 15.4. The summed E-state index contributed by atoms with van der Waals surface area (Å²) in [6.45, 7) is 11.5. The Bertz CT molecular complexity index is 303. The van der Waals surface area contributed by atoms with Gasteiger partial charge in [-0.3, -0.25) is 9.59 Å². The fourth-order valence-electron chi connectivity index (χ4n) is 1.36. The molecule has 0 aromatic rings. The fraction of sp³-hybridized carbons (Fsp3) is 0.615. The van der Waals surface area contributed by atoms with Crippen LogP contribution in [-0.4, -0.2) is 24.8 Å². The minimum Gasteiger partial charge on any atom is -0.356 e. The van der Waals surface area contributed by atoms with E-state index in [9.17, 15) is 9.59 Å². The Hall–Kier alpha value is -1.63. The van der Waals surface area contributed by atoms with Crippen LogP contribution >= 0.6 is 0 Å². The van der Waals surface area contributed by atoms with Crippen molar-refractivity contribution in [2.45, 2.75) is 39.2 Å². The lowest BCUT2D eigenvalue weighted by Crippen LogP contribution is -2.25. The summed E-state index contributed by atoms with van der Waals surface area (Å²) in [6.07, 6.45) is 5.49. The number of amides is 1. The SMILES string of the molecule is [C-]#[N+][C@H](CCC(=O)NCC/C=C/C=O)C(C)C. The number of carbonyl (C=O) groups excluding carboxylic acids is 2. The van der Waals surface area contributed by atoms with E-state index in [1.54, 1.807) is 6.08 Å². The first-order valence-corrected chi connectivity index (χ1v) is 5.85. The number of nitrogens with one attached hydrogen (secondary N) is 1. The predicted octanol–water partition coefficient (Wildman–Crippen LogP) is 1.97. The van der Waals surface area contributed by atoms with Gasteiger partial charge in [-0.25, -0.2) is 6.57 Å². The number of allylic oxidation sites excluding steroid dienone is 1. The molecule has 0 aromatic carbocycles. The zero-order valence-electron chi connectivity index (χ0n) is 10.5. The second-order valence-corrected chi connectivity index (χ2v) is 4.18. The molecule has 0 aromatic heterocycles. The molecule has 0 heterocycles. The smallest absolute Gasteiger partial charge is 0.226 e. The second kappa shape index (κ2) is 9.59. The number of aldehydes is 1. The maximum Gasteiger partial charge on any atom is 0.226 e. The highest BCUT2D eigenvalue weighted by Gasteiger charge is 2.18. The maximum absolute atomic E-state index is 11.4. The minimum absolute atomic E-state index is 0.0289. The molecule has 4 heteroatoms. The molecule has 0 aliphatic heterocycles. The Kier molecular flexibility index (Phi) is 8.67. The van der Waals surface area contributed by atoms with Gasteiger partial charge in [0.2, 0.25) is 11.9 Å². The Morgan fingerprint density at radius 1 is 1.47 bits per heavy atom. The van der Waals surface area contributed by atoms with Crippen LogP contribution in [0.2, 0.25) is 0 Å². The van der Waals surface area contributed by atoms with Gasteiger partial charge < -0.3 is 10.2 Å². The van der Waals surface area contributed by atoms with Crippen molar-refractivity contribution < 1.29 is 9.59 Å². The largest absolute Gasteiger partial charge is 0.356 e. The third-order valence-corrected chi connectivity index (χ3v) is 2.45. The highest BCUT2D eigenvalue weighted by Crippen LogP contribution is 2.12. The Morgan fingerprint density at radius 2 is 2.18 bits per heavy atom. The molecule has 0 saturated heterocycles. The molecule has 0 fully saturated rings. The van der Waals surface area contributed by atoms with Crippen molar-refractivity contribution in [3.05, 3.63) is 23.6 Å². The Labute approximate surface area is 103 Å². The Balaban J connectivity index is 3.69. The summed E-state index contributed by atoms with van der Waals surface area (Å²) in [5.41, 5.74) is 0. The van der Waals surface area contributed by atoms with Crippen LogP contribution in [0.1, 0.15) is 33.1 Å². The van der Waals surface area contributed by atoms with E-state index < -0.39 is 0 Å². The lowest BCUT2D eigenvalue weighted by atomic mass is 10.00. The van der Waals surface area contributed by atoms with Crippen molar-refractivity contribution in [2.75, 3.05) is 6.54 Å². The number of carbonyl (C=O) groups is 2. The monoisotopic (exact) mass is 236 g/mol. The van der Waals surface area contributed by atoms with Crippen LogP contribution in [0.25, 0.3) is 4.85 Å². The molecule has 0 bridgehead atoms. The predicted molar refractivity (Wildman–Crippen MR) is 67.3 cm³/mol. The highest BCUT2D eigenvalue weighted by atomic mass is 16.1. The van der Waals surface area contributed by atoms with Crippen LogP contribution < -0.4 is 5.32 Å². The zero-order chi connectivity index (χ0) is 13.1. The summed E-state index contributed by atoms with van der Waals surface area (Å²) in [4.78, 5) is 24.9. The summed E-state index contributed by atoms with van der Waals surface area (Å²) in [5.74, 6) is 0.259. The second-order valence-electron chi connectivity index (χ2n) is 4.18. The maximum atomic E-state index is 11.4. The summed E-state index contributed by atoms with van der Waals surface area (Å²) >= 11 is 0. The molecule has 0 aliphatic carbocycles. The van der Waals surface area contributed by atoms with E-state index in [0.717, 1.165) is 0 Å². The lowest BCUT2D eigenvalue weighted by Gasteiger charge is -2.08. The first-order chi connectivity index (χ1) is 8.11. The van der Waals surface area contributed by atoms with E-state index in [1.807, 2.05) is 13.8 Å². The van der Waals surface area contributed by atoms with E-state index in [-0.39, 0.29) is 17.9 Å². The van der Waals surface area contributed by atoms with Crippen molar-refractivity contribution in [1.29, 1.82) is 0 Å². The van der Waals surface area contributed by atoms with Crippen molar-refractivity contribution >= 4 is 12.2 Å². The van der Waals surface area contributed by atoms with Gasteiger partial charge in [0.25, 0.3) is 0 Å². The van der Waals surface area contributed by atoms with Crippen molar-refractivity contribution in [1.82, 2.24) is 5.32 Å². The number of hydrogen-bond acceptors (Lipinski definition) is 2. The van der Waals surface area contributed by atoms with Crippen LogP contribution in [0, 0.1) is 12.5 Å². The normalized spacial score (nSPS) is 12.4. The van der Waals surface area contributed by atoms with E-state index in [4.69, 9.17) is 6.57 Å². The third kappa shape index (κ3) is 8.21. The van der Waals surface area contributed by atoms with Crippen LogP contribution in [-0.2, 0) is 9.59 Å². The average Bonchev–Trinajstić information content (AvgIpc) is 2.29. The van der Waals surface area contributed by atoms with Crippen molar-refractivity contribution in [3.63, 3.8) is 0 Å². The van der Waals surface area contributed by atoms with Crippen molar-refractivity contribution in [3.8, 4) is 0 Å². The molecule has 0 unspecified atom stereocenters. The van der Waals surface area contributed by atoms with Gasteiger partial charge in [0.15, 0.2) is 0 Å². The molecule has 1 amide bonds. The highest BCUT2D eigenvalue weighted by molar-refractivity contribution is 5.75. The molecule has 1 N–H and O–H groups in total. The Morgan fingerprint density at radius 3 is 2.71 bits per heavy atom. The molecular formula is C13H20N2O2. The van der Waals surface area contributed by atoms with Gasteiger partial charge in [0, 0.05) is 25.3 Å². The molecule has 94 valence electrons. The summed E-state index contributed by atoms with van der Waals surface area (Å²) in [5, 5.41) is 2.75. The fourth-order valence-corrected chi connectivity index (χ4v) is 1.36. The van der Waals surface area contributed by atoms with E-state index in [0.29, 0.717) is 32.1 Å². The molecule has 17 heavy (non-hydrogen) atoms. The van der Waals surface area contributed by atoms with Crippen LogP contribution in [0.5, 0.6) is 0 Å².